The maximum absolute atomic E-state index is 12.9. The highest BCUT2D eigenvalue weighted by Crippen LogP contribution is 2.22. The Morgan fingerprint density at radius 1 is 1.10 bits per heavy atom. The molecule has 0 radical (unpaired) electrons. The van der Waals surface area contributed by atoms with E-state index in [4.69, 9.17) is 0 Å². The van der Waals surface area contributed by atoms with Crippen LogP contribution in [-0.4, -0.2) is 36.3 Å². The predicted octanol–water partition coefficient (Wildman–Crippen LogP) is 3.99. The molecule has 2 N–H and O–H groups in total. The van der Waals surface area contributed by atoms with Crippen molar-refractivity contribution in [1.82, 2.24) is 10.2 Å². The van der Waals surface area contributed by atoms with Gasteiger partial charge in [-0.25, -0.2) is 0 Å². The van der Waals surface area contributed by atoms with Crippen molar-refractivity contribution in [3.05, 3.63) is 65.2 Å². The lowest BCUT2D eigenvalue weighted by atomic mass is 9.96. The van der Waals surface area contributed by atoms with Gasteiger partial charge in [-0.05, 0) is 50.4 Å². The van der Waals surface area contributed by atoms with Gasteiger partial charge in [-0.1, -0.05) is 48.9 Å². The third-order valence-corrected chi connectivity index (χ3v) is 5.37. The summed E-state index contributed by atoms with van der Waals surface area (Å²) in [6, 6.07) is 15.8. The molecule has 5 heteroatoms. The molecule has 1 aliphatic heterocycles. The Labute approximate surface area is 173 Å². The minimum Gasteiger partial charge on any atom is -0.352 e. The molecule has 3 rings (SSSR count). The fraction of sp³-hybridized carbons (Fsp3) is 0.417. The van der Waals surface area contributed by atoms with Crippen molar-refractivity contribution in [2.75, 3.05) is 25.0 Å². The zero-order valence-electron chi connectivity index (χ0n) is 17.4. The molecule has 1 unspecified atom stereocenters. The van der Waals surface area contributed by atoms with Gasteiger partial charge in [0.1, 0.15) is 0 Å². The van der Waals surface area contributed by atoms with Gasteiger partial charge in [-0.2, -0.15) is 0 Å². The summed E-state index contributed by atoms with van der Waals surface area (Å²) in [6.07, 6.45) is 2.75. The van der Waals surface area contributed by atoms with Crippen LogP contribution < -0.4 is 10.6 Å². The lowest BCUT2D eigenvalue weighted by Gasteiger charge is -2.32. The number of para-hydroxylation sites is 1. The van der Waals surface area contributed by atoms with Gasteiger partial charge in [0.05, 0.1) is 17.2 Å². The number of nitrogens with one attached hydrogen (secondary N) is 2. The van der Waals surface area contributed by atoms with E-state index in [0.717, 1.165) is 38.9 Å². The zero-order chi connectivity index (χ0) is 20.6. The van der Waals surface area contributed by atoms with Crippen LogP contribution in [0.1, 0.15) is 47.7 Å². The molecule has 1 fully saturated rings. The van der Waals surface area contributed by atoms with Gasteiger partial charge in [-0.15, -0.1) is 0 Å². The number of nitrogens with zero attached hydrogens (tertiary/aromatic N) is 1. The minimum atomic E-state index is -0.146. The minimum absolute atomic E-state index is 0.00523. The molecular formula is C24H31N3O2. The summed E-state index contributed by atoms with van der Waals surface area (Å²) in [4.78, 5) is 27.7. The number of rotatable bonds is 7. The van der Waals surface area contributed by atoms with E-state index in [1.165, 1.54) is 11.1 Å². The first-order valence-corrected chi connectivity index (χ1v) is 10.5. The summed E-state index contributed by atoms with van der Waals surface area (Å²) >= 11 is 0. The largest absolute Gasteiger partial charge is 0.352 e. The summed E-state index contributed by atoms with van der Waals surface area (Å²) in [5, 5.41) is 5.88. The summed E-state index contributed by atoms with van der Waals surface area (Å²) in [6.45, 7) is 7.33. The first kappa shape index (κ1) is 21.1. The van der Waals surface area contributed by atoms with Crippen LogP contribution in [0.3, 0.4) is 0 Å². The molecule has 0 spiro atoms. The molecule has 0 aliphatic carbocycles. The molecule has 2 amide bonds. The fourth-order valence-corrected chi connectivity index (χ4v) is 3.72. The molecule has 1 aliphatic rings. The molecule has 1 saturated heterocycles. The van der Waals surface area contributed by atoms with Crippen molar-refractivity contribution >= 4 is 17.5 Å². The molecule has 29 heavy (non-hydrogen) atoms. The Hall–Kier alpha value is -2.66. The third kappa shape index (κ3) is 5.91. The van der Waals surface area contributed by atoms with E-state index in [1.54, 1.807) is 12.1 Å². The van der Waals surface area contributed by atoms with Crippen LogP contribution in [0, 0.1) is 12.8 Å². The molecule has 2 aromatic carbocycles. The van der Waals surface area contributed by atoms with Crippen LogP contribution in [0.4, 0.5) is 5.69 Å². The van der Waals surface area contributed by atoms with Crippen molar-refractivity contribution in [2.24, 2.45) is 5.92 Å². The molecule has 154 valence electrons. The number of hydrogen-bond acceptors (Lipinski definition) is 3. The van der Waals surface area contributed by atoms with Gasteiger partial charge >= 0.3 is 0 Å². The summed E-state index contributed by atoms with van der Waals surface area (Å²) in [5.74, 6) is -0.220. The number of carbonyl (C=O) groups excluding carboxylic acids is 2. The van der Waals surface area contributed by atoms with Crippen molar-refractivity contribution in [3.8, 4) is 0 Å². The predicted molar refractivity (Wildman–Crippen MR) is 117 cm³/mol. The molecular weight excluding hydrogens is 362 g/mol. The van der Waals surface area contributed by atoms with Gasteiger partial charge in [0, 0.05) is 19.6 Å². The molecule has 2 aromatic rings. The number of likely N-dealkylation sites (tertiary alicyclic amines) is 1. The van der Waals surface area contributed by atoms with Crippen LogP contribution >= 0.6 is 0 Å². The number of hydrogen-bond donors (Lipinski definition) is 2. The van der Waals surface area contributed by atoms with E-state index >= 15 is 0 Å². The second-order valence-corrected chi connectivity index (χ2v) is 7.85. The van der Waals surface area contributed by atoms with E-state index in [2.05, 4.69) is 46.7 Å². The number of amides is 2. The van der Waals surface area contributed by atoms with E-state index in [-0.39, 0.29) is 17.7 Å². The van der Waals surface area contributed by atoms with Crippen LogP contribution in [0.2, 0.25) is 0 Å². The number of benzene rings is 2. The number of carbonyl (C=O) groups is 2. The topological polar surface area (TPSA) is 61.4 Å². The molecule has 1 heterocycles. The standard InChI is InChI=1S/C24H31N3O2/c1-3-14-25-24(29)21-8-4-5-9-22(21)26-23(28)20-7-6-15-27(17-20)16-19-12-10-18(2)11-13-19/h4-5,8-13,20H,3,6-7,14-17H2,1-2H3,(H,25,29)(H,26,28). The maximum Gasteiger partial charge on any atom is 0.253 e. The number of anilines is 1. The van der Waals surface area contributed by atoms with Gasteiger partial charge in [0.2, 0.25) is 5.91 Å². The second kappa shape index (κ2) is 10.2. The molecule has 0 aromatic heterocycles. The van der Waals surface area contributed by atoms with Crippen LogP contribution in [0.5, 0.6) is 0 Å². The smallest absolute Gasteiger partial charge is 0.253 e. The molecule has 0 saturated carbocycles. The Balaban J connectivity index is 1.62. The summed E-state index contributed by atoms with van der Waals surface area (Å²) in [7, 11) is 0. The Bertz CT molecular complexity index is 832. The van der Waals surface area contributed by atoms with Crippen molar-refractivity contribution in [2.45, 2.75) is 39.7 Å². The normalized spacial score (nSPS) is 17.0. The van der Waals surface area contributed by atoms with E-state index < -0.39 is 0 Å². The lowest BCUT2D eigenvalue weighted by Crippen LogP contribution is -2.40. The second-order valence-electron chi connectivity index (χ2n) is 7.85. The Morgan fingerprint density at radius 2 is 1.86 bits per heavy atom. The van der Waals surface area contributed by atoms with Crippen LogP contribution in [-0.2, 0) is 11.3 Å². The van der Waals surface area contributed by atoms with Crippen LogP contribution in [0.15, 0.2) is 48.5 Å². The SMILES string of the molecule is CCCNC(=O)c1ccccc1NC(=O)C1CCCN(Cc2ccc(C)cc2)C1. The highest BCUT2D eigenvalue weighted by Gasteiger charge is 2.26. The molecule has 1 atom stereocenters. The monoisotopic (exact) mass is 393 g/mol. The molecule has 5 nitrogen and oxygen atoms in total. The Kier molecular flexibility index (Phi) is 7.42. The highest BCUT2D eigenvalue weighted by molar-refractivity contribution is 6.04. The van der Waals surface area contributed by atoms with Crippen molar-refractivity contribution in [3.63, 3.8) is 0 Å². The quantitative estimate of drug-likeness (QED) is 0.748. The van der Waals surface area contributed by atoms with E-state index in [9.17, 15) is 9.59 Å². The summed E-state index contributed by atoms with van der Waals surface area (Å²) in [5.41, 5.74) is 3.63. The van der Waals surface area contributed by atoms with Gasteiger partial charge in [0.15, 0.2) is 0 Å². The first-order valence-electron chi connectivity index (χ1n) is 10.5. The number of piperidine rings is 1. The summed E-state index contributed by atoms with van der Waals surface area (Å²) < 4.78 is 0. The van der Waals surface area contributed by atoms with E-state index in [0.29, 0.717) is 17.8 Å². The highest BCUT2D eigenvalue weighted by atomic mass is 16.2. The lowest BCUT2D eigenvalue weighted by molar-refractivity contribution is -0.121. The molecule has 0 bridgehead atoms. The zero-order valence-corrected chi connectivity index (χ0v) is 17.4. The van der Waals surface area contributed by atoms with E-state index in [1.807, 2.05) is 19.1 Å². The average molecular weight is 394 g/mol. The first-order chi connectivity index (χ1) is 14.1. The van der Waals surface area contributed by atoms with Gasteiger partial charge in [0.25, 0.3) is 5.91 Å². The Morgan fingerprint density at radius 3 is 2.62 bits per heavy atom. The van der Waals surface area contributed by atoms with Gasteiger partial charge < -0.3 is 10.6 Å². The van der Waals surface area contributed by atoms with Gasteiger partial charge in [-0.3, -0.25) is 14.5 Å². The van der Waals surface area contributed by atoms with Crippen molar-refractivity contribution in [1.29, 1.82) is 0 Å². The van der Waals surface area contributed by atoms with Crippen molar-refractivity contribution < 1.29 is 9.59 Å². The number of aryl methyl sites for hydroxylation is 1. The maximum atomic E-state index is 12.9. The average Bonchev–Trinajstić information content (AvgIpc) is 2.74. The van der Waals surface area contributed by atoms with Crippen LogP contribution in [0.25, 0.3) is 0 Å². The third-order valence-electron chi connectivity index (χ3n) is 5.37. The fourth-order valence-electron chi connectivity index (χ4n) is 3.72.